The summed E-state index contributed by atoms with van der Waals surface area (Å²) in [6, 6.07) is 0. The molecule has 0 saturated carbocycles. The van der Waals surface area contributed by atoms with Gasteiger partial charge in [0, 0.05) is 19.5 Å². The summed E-state index contributed by atoms with van der Waals surface area (Å²) < 4.78 is 0. The average Bonchev–Trinajstić information content (AvgIpc) is 2.25. The minimum absolute atomic E-state index is 0.0664. The Morgan fingerprint density at radius 3 is 2.00 bits per heavy atom. The zero-order chi connectivity index (χ0) is 13.4. The van der Waals surface area contributed by atoms with Crippen molar-refractivity contribution in [3.8, 4) is 0 Å². The minimum atomic E-state index is -1.17. The lowest BCUT2D eigenvalue weighted by Gasteiger charge is -2.19. The number of hydrogen-bond acceptors (Lipinski definition) is 3. The Bertz CT molecular complexity index is 286. The van der Waals surface area contributed by atoms with Gasteiger partial charge in [0.2, 0.25) is 5.91 Å². The van der Waals surface area contributed by atoms with Crippen molar-refractivity contribution in [2.45, 2.75) is 33.1 Å². The van der Waals surface area contributed by atoms with Crippen molar-refractivity contribution in [3.63, 3.8) is 0 Å². The van der Waals surface area contributed by atoms with Gasteiger partial charge in [-0.2, -0.15) is 0 Å². The topological polar surface area (TPSA) is 94.9 Å². The van der Waals surface area contributed by atoms with Gasteiger partial charge in [-0.3, -0.25) is 14.4 Å². The molecule has 17 heavy (non-hydrogen) atoms. The maximum Gasteiger partial charge on any atom is 0.307 e. The van der Waals surface area contributed by atoms with Crippen LogP contribution in [-0.2, 0) is 14.4 Å². The van der Waals surface area contributed by atoms with Gasteiger partial charge >= 0.3 is 11.9 Å². The van der Waals surface area contributed by atoms with Crippen molar-refractivity contribution in [2.75, 3.05) is 13.1 Å². The molecule has 0 aromatic heterocycles. The van der Waals surface area contributed by atoms with Crippen molar-refractivity contribution in [2.24, 2.45) is 5.92 Å². The summed E-state index contributed by atoms with van der Waals surface area (Å²) in [5, 5.41) is 17.3. The number of amides is 1. The Hall–Kier alpha value is -1.59. The van der Waals surface area contributed by atoms with Crippen LogP contribution in [0.5, 0.6) is 0 Å². The van der Waals surface area contributed by atoms with E-state index >= 15 is 0 Å². The van der Waals surface area contributed by atoms with Gasteiger partial charge in [0.25, 0.3) is 0 Å². The first-order valence-electron chi connectivity index (χ1n) is 5.64. The molecule has 2 N–H and O–H groups in total. The van der Waals surface area contributed by atoms with Crippen LogP contribution in [0.4, 0.5) is 0 Å². The maximum atomic E-state index is 11.6. The lowest BCUT2D eigenvalue weighted by atomic mass is 9.99. The number of hydrogen-bond donors (Lipinski definition) is 2. The molecule has 0 aliphatic rings. The van der Waals surface area contributed by atoms with Crippen LogP contribution >= 0.6 is 0 Å². The fraction of sp³-hybridized carbons (Fsp3) is 0.727. The largest absolute Gasteiger partial charge is 0.481 e. The van der Waals surface area contributed by atoms with E-state index in [1.54, 1.807) is 4.90 Å². The highest BCUT2D eigenvalue weighted by Crippen LogP contribution is 2.13. The monoisotopic (exact) mass is 245 g/mol. The molecule has 98 valence electrons. The summed E-state index contributed by atoms with van der Waals surface area (Å²) in [5.41, 5.74) is 0. The van der Waals surface area contributed by atoms with Gasteiger partial charge in [-0.15, -0.1) is 0 Å². The molecular formula is C11H19NO5. The zero-order valence-corrected chi connectivity index (χ0v) is 10.2. The van der Waals surface area contributed by atoms with E-state index in [0.29, 0.717) is 13.1 Å². The molecule has 1 atom stereocenters. The van der Waals surface area contributed by atoms with E-state index in [4.69, 9.17) is 10.2 Å². The SMILES string of the molecule is CCN(CC)C(=O)CCC(CC(=O)O)C(=O)O. The quantitative estimate of drug-likeness (QED) is 0.659. The molecule has 0 saturated heterocycles. The van der Waals surface area contributed by atoms with E-state index < -0.39 is 24.3 Å². The van der Waals surface area contributed by atoms with Gasteiger partial charge < -0.3 is 15.1 Å². The lowest BCUT2D eigenvalue weighted by Crippen LogP contribution is -2.31. The first-order valence-corrected chi connectivity index (χ1v) is 5.64. The fourth-order valence-electron chi connectivity index (χ4n) is 1.56. The van der Waals surface area contributed by atoms with E-state index in [2.05, 4.69) is 0 Å². The van der Waals surface area contributed by atoms with Gasteiger partial charge in [0.1, 0.15) is 0 Å². The van der Waals surface area contributed by atoms with Crippen LogP contribution in [0, 0.1) is 5.92 Å². The lowest BCUT2D eigenvalue weighted by molar-refractivity contribution is -0.149. The second-order valence-electron chi connectivity index (χ2n) is 3.74. The average molecular weight is 245 g/mol. The summed E-state index contributed by atoms with van der Waals surface area (Å²) in [6.07, 6.45) is -0.302. The van der Waals surface area contributed by atoms with Crippen LogP contribution in [0.3, 0.4) is 0 Å². The molecule has 1 unspecified atom stereocenters. The normalized spacial score (nSPS) is 11.9. The molecule has 0 aromatic carbocycles. The molecule has 6 nitrogen and oxygen atoms in total. The van der Waals surface area contributed by atoms with Crippen molar-refractivity contribution < 1.29 is 24.6 Å². The molecule has 0 bridgehead atoms. The summed E-state index contributed by atoms with van der Waals surface area (Å²) in [4.78, 5) is 34.4. The fourth-order valence-corrected chi connectivity index (χ4v) is 1.56. The smallest absolute Gasteiger partial charge is 0.307 e. The van der Waals surface area contributed by atoms with Crippen LogP contribution < -0.4 is 0 Å². The molecule has 0 heterocycles. The third-order valence-electron chi connectivity index (χ3n) is 2.59. The van der Waals surface area contributed by atoms with Crippen LogP contribution in [0.2, 0.25) is 0 Å². The first kappa shape index (κ1) is 15.4. The number of carboxylic acid groups (broad SMARTS) is 2. The highest BCUT2D eigenvalue weighted by Gasteiger charge is 2.22. The van der Waals surface area contributed by atoms with Crippen molar-refractivity contribution in [3.05, 3.63) is 0 Å². The number of carbonyl (C=O) groups is 3. The molecule has 0 rings (SSSR count). The Kier molecular flexibility index (Phi) is 6.93. The molecular weight excluding hydrogens is 226 g/mol. The molecule has 0 aromatic rings. The Morgan fingerprint density at radius 1 is 1.12 bits per heavy atom. The van der Waals surface area contributed by atoms with E-state index in [0.717, 1.165) is 0 Å². The third-order valence-corrected chi connectivity index (χ3v) is 2.59. The summed E-state index contributed by atoms with van der Waals surface area (Å²) in [6.45, 7) is 4.83. The number of carbonyl (C=O) groups excluding carboxylic acids is 1. The third kappa shape index (κ3) is 5.89. The summed E-state index contributed by atoms with van der Waals surface area (Å²) in [5.74, 6) is -3.45. The van der Waals surface area contributed by atoms with Gasteiger partial charge in [-0.1, -0.05) is 0 Å². The molecule has 0 aliphatic carbocycles. The molecule has 0 aliphatic heterocycles. The van der Waals surface area contributed by atoms with E-state index in [1.807, 2.05) is 13.8 Å². The molecule has 6 heteroatoms. The summed E-state index contributed by atoms with van der Waals surface area (Å²) >= 11 is 0. The second-order valence-corrected chi connectivity index (χ2v) is 3.74. The second kappa shape index (κ2) is 7.65. The van der Waals surface area contributed by atoms with Crippen molar-refractivity contribution in [1.29, 1.82) is 0 Å². The molecule has 0 radical (unpaired) electrons. The van der Waals surface area contributed by atoms with Crippen molar-refractivity contribution in [1.82, 2.24) is 4.90 Å². The van der Waals surface area contributed by atoms with E-state index in [-0.39, 0.29) is 18.7 Å². The molecule has 1 amide bonds. The van der Waals surface area contributed by atoms with Crippen LogP contribution in [0.15, 0.2) is 0 Å². The highest BCUT2D eigenvalue weighted by molar-refractivity contribution is 5.80. The molecule has 0 fully saturated rings. The number of carboxylic acids is 2. The maximum absolute atomic E-state index is 11.6. The minimum Gasteiger partial charge on any atom is -0.481 e. The number of rotatable bonds is 8. The van der Waals surface area contributed by atoms with Crippen LogP contribution in [-0.4, -0.2) is 46.0 Å². The Morgan fingerprint density at radius 2 is 1.65 bits per heavy atom. The van der Waals surface area contributed by atoms with E-state index in [1.165, 1.54) is 0 Å². The highest BCUT2D eigenvalue weighted by atomic mass is 16.4. The van der Waals surface area contributed by atoms with Gasteiger partial charge in [-0.25, -0.2) is 0 Å². The van der Waals surface area contributed by atoms with Gasteiger partial charge in [0.05, 0.1) is 12.3 Å². The van der Waals surface area contributed by atoms with Gasteiger partial charge in [0.15, 0.2) is 0 Å². The predicted molar refractivity (Wildman–Crippen MR) is 60.5 cm³/mol. The number of aliphatic carboxylic acids is 2. The van der Waals surface area contributed by atoms with Gasteiger partial charge in [-0.05, 0) is 20.3 Å². The van der Waals surface area contributed by atoms with Crippen LogP contribution in [0.25, 0.3) is 0 Å². The number of nitrogens with zero attached hydrogens (tertiary/aromatic N) is 1. The van der Waals surface area contributed by atoms with Crippen molar-refractivity contribution >= 4 is 17.8 Å². The predicted octanol–water partition coefficient (Wildman–Crippen LogP) is 0.810. The zero-order valence-electron chi connectivity index (χ0n) is 10.2. The molecule has 0 spiro atoms. The Labute approximate surface area is 100 Å². The first-order chi connectivity index (χ1) is 7.92. The van der Waals surface area contributed by atoms with E-state index in [9.17, 15) is 14.4 Å². The standard InChI is InChI=1S/C11H19NO5/c1-3-12(4-2)9(13)6-5-8(11(16)17)7-10(14)15/h8H,3-7H2,1-2H3,(H,14,15)(H,16,17). The Balaban J connectivity index is 4.25. The van der Waals surface area contributed by atoms with Crippen LogP contribution in [0.1, 0.15) is 33.1 Å². The summed E-state index contributed by atoms with van der Waals surface area (Å²) in [7, 11) is 0.